The van der Waals surface area contributed by atoms with Gasteiger partial charge in [-0.15, -0.1) is 0 Å². The summed E-state index contributed by atoms with van der Waals surface area (Å²) in [5.74, 6) is 0. The zero-order chi connectivity index (χ0) is 12.6. The summed E-state index contributed by atoms with van der Waals surface area (Å²) in [5.41, 5.74) is 0.831. The van der Waals surface area contributed by atoms with E-state index in [1.807, 2.05) is 0 Å². The normalized spacial score (nSPS) is 38.3. The Hall–Kier alpha value is -0.0800. The molecule has 0 amide bonds. The molecule has 3 fully saturated rings. The van der Waals surface area contributed by atoms with E-state index in [1.54, 1.807) is 0 Å². The smallest absolute Gasteiger partial charge is 0.0697 e. The molecule has 0 aromatic heterocycles. The van der Waals surface area contributed by atoms with Crippen molar-refractivity contribution >= 4 is 0 Å². The summed E-state index contributed by atoms with van der Waals surface area (Å²) < 4.78 is 6.12. The van der Waals surface area contributed by atoms with Gasteiger partial charge >= 0.3 is 0 Å². The molecule has 1 heterocycles. The molecular formula is C16H29NO. The summed E-state index contributed by atoms with van der Waals surface area (Å²) >= 11 is 0. The molecule has 0 aromatic carbocycles. The van der Waals surface area contributed by atoms with E-state index in [1.165, 1.54) is 57.8 Å². The van der Waals surface area contributed by atoms with Crippen molar-refractivity contribution in [3.63, 3.8) is 0 Å². The van der Waals surface area contributed by atoms with Gasteiger partial charge in [0.2, 0.25) is 0 Å². The Labute approximate surface area is 112 Å². The minimum Gasteiger partial charge on any atom is -0.375 e. The third-order valence-electron chi connectivity index (χ3n) is 5.45. The van der Waals surface area contributed by atoms with E-state index in [9.17, 15) is 0 Å². The number of hydrogen-bond donors (Lipinski definition) is 1. The SMILES string of the molecule is CC1(C)CCC(NC2CCOC3(CCCC3)C2)C1. The molecule has 1 saturated heterocycles. The van der Waals surface area contributed by atoms with Gasteiger partial charge in [0, 0.05) is 18.7 Å². The Morgan fingerprint density at radius 2 is 1.67 bits per heavy atom. The first-order valence-corrected chi connectivity index (χ1v) is 7.97. The second-order valence-corrected chi connectivity index (χ2v) is 7.70. The van der Waals surface area contributed by atoms with E-state index in [0.717, 1.165) is 18.7 Å². The number of nitrogens with one attached hydrogen (secondary N) is 1. The molecule has 1 aliphatic heterocycles. The van der Waals surface area contributed by atoms with Gasteiger partial charge in [0.15, 0.2) is 0 Å². The molecule has 3 rings (SSSR count). The van der Waals surface area contributed by atoms with Crippen molar-refractivity contribution in [1.82, 2.24) is 5.32 Å². The molecule has 2 saturated carbocycles. The van der Waals surface area contributed by atoms with E-state index in [-0.39, 0.29) is 5.60 Å². The lowest BCUT2D eigenvalue weighted by Gasteiger charge is -2.39. The number of rotatable bonds is 2. The van der Waals surface area contributed by atoms with Crippen LogP contribution >= 0.6 is 0 Å². The first-order chi connectivity index (χ1) is 8.57. The Kier molecular flexibility index (Phi) is 3.44. The summed E-state index contributed by atoms with van der Waals surface area (Å²) in [4.78, 5) is 0. The minimum absolute atomic E-state index is 0.268. The van der Waals surface area contributed by atoms with Gasteiger partial charge in [-0.2, -0.15) is 0 Å². The molecule has 18 heavy (non-hydrogen) atoms. The molecule has 2 unspecified atom stereocenters. The standard InChI is InChI=1S/C16H29NO/c1-15(2)9-5-13(11-15)17-14-6-10-18-16(12-14)7-3-4-8-16/h13-14,17H,3-12H2,1-2H3. The Morgan fingerprint density at radius 3 is 2.33 bits per heavy atom. The third-order valence-corrected chi connectivity index (χ3v) is 5.45. The highest BCUT2D eigenvalue weighted by Crippen LogP contribution is 2.41. The summed E-state index contributed by atoms with van der Waals surface area (Å²) in [6.45, 7) is 5.81. The minimum atomic E-state index is 0.268. The van der Waals surface area contributed by atoms with Crippen molar-refractivity contribution < 1.29 is 4.74 Å². The van der Waals surface area contributed by atoms with E-state index >= 15 is 0 Å². The maximum atomic E-state index is 6.12. The van der Waals surface area contributed by atoms with Crippen LogP contribution in [0.5, 0.6) is 0 Å². The highest BCUT2D eigenvalue weighted by atomic mass is 16.5. The highest BCUT2D eigenvalue weighted by Gasteiger charge is 2.41. The summed E-state index contributed by atoms with van der Waals surface area (Å²) in [6, 6.07) is 1.48. The van der Waals surface area contributed by atoms with Crippen LogP contribution in [0, 0.1) is 5.41 Å². The van der Waals surface area contributed by atoms with Crippen LogP contribution in [-0.2, 0) is 4.74 Å². The van der Waals surface area contributed by atoms with Crippen LogP contribution in [0.15, 0.2) is 0 Å². The predicted molar refractivity (Wildman–Crippen MR) is 74.7 cm³/mol. The maximum Gasteiger partial charge on any atom is 0.0697 e. The van der Waals surface area contributed by atoms with Crippen molar-refractivity contribution in [1.29, 1.82) is 0 Å². The van der Waals surface area contributed by atoms with Crippen LogP contribution < -0.4 is 5.32 Å². The summed E-state index contributed by atoms with van der Waals surface area (Å²) in [6.07, 6.45) is 12.0. The molecule has 0 bridgehead atoms. The molecule has 2 nitrogen and oxygen atoms in total. The van der Waals surface area contributed by atoms with Crippen molar-refractivity contribution in [2.45, 2.75) is 89.3 Å². The van der Waals surface area contributed by atoms with Crippen molar-refractivity contribution in [3.8, 4) is 0 Å². The topological polar surface area (TPSA) is 21.3 Å². The van der Waals surface area contributed by atoms with Gasteiger partial charge in [0.25, 0.3) is 0 Å². The van der Waals surface area contributed by atoms with Crippen molar-refractivity contribution in [2.75, 3.05) is 6.61 Å². The van der Waals surface area contributed by atoms with Gasteiger partial charge in [0.1, 0.15) is 0 Å². The lowest BCUT2D eigenvalue weighted by molar-refractivity contribution is -0.0847. The van der Waals surface area contributed by atoms with Crippen LogP contribution in [0.1, 0.15) is 71.6 Å². The van der Waals surface area contributed by atoms with Gasteiger partial charge in [-0.3, -0.25) is 0 Å². The predicted octanol–water partition coefficient (Wildman–Crippen LogP) is 3.65. The van der Waals surface area contributed by atoms with Crippen LogP contribution in [0.3, 0.4) is 0 Å². The zero-order valence-electron chi connectivity index (χ0n) is 12.1. The van der Waals surface area contributed by atoms with E-state index < -0.39 is 0 Å². The van der Waals surface area contributed by atoms with Gasteiger partial charge in [-0.25, -0.2) is 0 Å². The van der Waals surface area contributed by atoms with Crippen LogP contribution in [-0.4, -0.2) is 24.3 Å². The van der Waals surface area contributed by atoms with E-state index in [2.05, 4.69) is 19.2 Å². The summed E-state index contributed by atoms with van der Waals surface area (Å²) in [5, 5.41) is 3.94. The largest absolute Gasteiger partial charge is 0.375 e. The molecule has 2 heteroatoms. The quantitative estimate of drug-likeness (QED) is 0.809. The van der Waals surface area contributed by atoms with Crippen LogP contribution in [0.2, 0.25) is 0 Å². The van der Waals surface area contributed by atoms with Gasteiger partial charge in [0.05, 0.1) is 5.60 Å². The second kappa shape index (κ2) is 4.79. The molecule has 2 aliphatic carbocycles. The molecule has 3 aliphatic rings. The highest BCUT2D eigenvalue weighted by molar-refractivity contribution is 4.96. The third kappa shape index (κ3) is 2.75. The first-order valence-electron chi connectivity index (χ1n) is 7.97. The van der Waals surface area contributed by atoms with E-state index in [0.29, 0.717) is 5.41 Å². The van der Waals surface area contributed by atoms with Gasteiger partial charge in [-0.1, -0.05) is 26.7 Å². The van der Waals surface area contributed by atoms with Crippen LogP contribution in [0.4, 0.5) is 0 Å². The fraction of sp³-hybridized carbons (Fsp3) is 1.00. The fourth-order valence-corrected chi connectivity index (χ4v) is 4.45. The maximum absolute atomic E-state index is 6.12. The lowest BCUT2D eigenvalue weighted by Crippen LogP contribution is -2.48. The molecule has 2 atom stereocenters. The average Bonchev–Trinajstić information content (AvgIpc) is 2.87. The molecule has 1 spiro atoms. The average molecular weight is 251 g/mol. The molecule has 0 radical (unpaired) electrons. The molecule has 0 aromatic rings. The lowest BCUT2D eigenvalue weighted by atomic mass is 9.88. The summed E-state index contributed by atoms with van der Waals surface area (Å²) in [7, 11) is 0. The molecular weight excluding hydrogens is 222 g/mol. The number of hydrogen-bond acceptors (Lipinski definition) is 2. The second-order valence-electron chi connectivity index (χ2n) is 7.70. The molecule has 1 N–H and O–H groups in total. The Morgan fingerprint density at radius 1 is 0.944 bits per heavy atom. The van der Waals surface area contributed by atoms with Gasteiger partial charge in [-0.05, 0) is 50.4 Å². The fourth-order valence-electron chi connectivity index (χ4n) is 4.45. The zero-order valence-corrected chi connectivity index (χ0v) is 12.1. The van der Waals surface area contributed by atoms with Crippen molar-refractivity contribution in [2.24, 2.45) is 5.41 Å². The first kappa shape index (κ1) is 12.9. The number of ether oxygens (including phenoxy) is 1. The molecule has 104 valence electrons. The van der Waals surface area contributed by atoms with Crippen molar-refractivity contribution in [3.05, 3.63) is 0 Å². The monoisotopic (exact) mass is 251 g/mol. The van der Waals surface area contributed by atoms with E-state index in [4.69, 9.17) is 4.74 Å². The van der Waals surface area contributed by atoms with Crippen LogP contribution in [0.25, 0.3) is 0 Å². The van der Waals surface area contributed by atoms with Gasteiger partial charge < -0.3 is 10.1 Å². The Balaban J connectivity index is 1.54. The Bertz CT molecular complexity index is 293.